The molecule has 0 radical (unpaired) electrons. The fraction of sp³-hybridized carbons (Fsp3) is 0.333. The predicted molar refractivity (Wildman–Crippen MR) is 145 cm³/mol. The van der Waals surface area contributed by atoms with Crippen molar-refractivity contribution in [2.75, 3.05) is 13.2 Å². The first-order valence-corrected chi connectivity index (χ1v) is 12.9. The summed E-state index contributed by atoms with van der Waals surface area (Å²) < 4.78 is 5.84. The third kappa shape index (κ3) is 8.42. The third-order valence-electron chi connectivity index (χ3n) is 6.06. The van der Waals surface area contributed by atoms with Crippen molar-refractivity contribution in [2.45, 2.75) is 52.1 Å². The zero-order chi connectivity index (χ0) is 25.8. The van der Waals surface area contributed by atoms with E-state index in [1.54, 1.807) is 17.0 Å². The Labute approximate surface area is 219 Å². The highest BCUT2D eigenvalue weighted by Crippen LogP contribution is 2.18. The molecule has 1 N–H and O–H groups in total. The minimum atomic E-state index is -0.682. The molecular weight excluding hydrogens is 472 g/mol. The van der Waals surface area contributed by atoms with E-state index in [2.05, 4.69) is 19.2 Å². The highest BCUT2D eigenvalue weighted by Gasteiger charge is 2.30. The average Bonchev–Trinajstić information content (AvgIpc) is 2.91. The first-order chi connectivity index (χ1) is 17.5. The van der Waals surface area contributed by atoms with Crippen LogP contribution in [-0.4, -0.2) is 35.9 Å². The molecule has 0 fully saturated rings. The van der Waals surface area contributed by atoms with Crippen molar-refractivity contribution < 1.29 is 14.3 Å². The van der Waals surface area contributed by atoms with Crippen LogP contribution in [0.25, 0.3) is 0 Å². The third-order valence-corrected chi connectivity index (χ3v) is 6.31. The Morgan fingerprint density at radius 1 is 0.889 bits per heavy atom. The average molecular weight is 507 g/mol. The molecule has 0 saturated carbocycles. The minimum absolute atomic E-state index is 0.160. The largest absolute Gasteiger partial charge is 0.484 e. The number of carbonyl (C=O) groups excluding carboxylic acids is 2. The molecule has 0 aromatic heterocycles. The molecule has 190 valence electrons. The molecule has 3 rings (SSSR count). The fourth-order valence-corrected chi connectivity index (χ4v) is 4.02. The second-order valence-corrected chi connectivity index (χ2v) is 9.22. The van der Waals surface area contributed by atoms with Gasteiger partial charge in [-0.15, -0.1) is 0 Å². The summed E-state index contributed by atoms with van der Waals surface area (Å²) in [6, 6.07) is 24.1. The van der Waals surface area contributed by atoms with E-state index < -0.39 is 6.04 Å². The van der Waals surface area contributed by atoms with E-state index in [0.717, 1.165) is 30.4 Å². The summed E-state index contributed by atoms with van der Waals surface area (Å²) in [5.74, 6) is 0.206. The van der Waals surface area contributed by atoms with Gasteiger partial charge in [0.25, 0.3) is 5.91 Å². The molecule has 0 aliphatic rings. The van der Waals surface area contributed by atoms with Gasteiger partial charge in [-0.05, 0) is 53.8 Å². The number of hydrogen-bond donors (Lipinski definition) is 1. The SMILES string of the molecule is CCCCNC(=O)[C@@H](Cc1ccccc1)N(Cc1ccc(Cl)cc1)C(=O)COc1ccc(CC)cc1. The highest BCUT2D eigenvalue weighted by atomic mass is 35.5. The van der Waals surface area contributed by atoms with Gasteiger partial charge in [0, 0.05) is 24.5 Å². The van der Waals surface area contributed by atoms with Crippen molar-refractivity contribution in [3.05, 3.63) is 101 Å². The van der Waals surface area contributed by atoms with Crippen molar-refractivity contribution in [1.29, 1.82) is 0 Å². The number of halogens is 1. The topological polar surface area (TPSA) is 58.6 Å². The predicted octanol–water partition coefficient (Wildman–Crippen LogP) is 5.84. The lowest BCUT2D eigenvalue weighted by atomic mass is 10.0. The van der Waals surface area contributed by atoms with Gasteiger partial charge >= 0.3 is 0 Å². The summed E-state index contributed by atoms with van der Waals surface area (Å²) in [5.41, 5.74) is 3.07. The van der Waals surface area contributed by atoms with Crippen LogP contribution in [0.1, 0.15) is 43.4 Å². The summed E-state index contributed by atoms with van der Waals surface area (Å²) in [6.07, 6.45) is 3.19. The monoisotopic (exact) mass is 506 g/mol. The van der Waals surface area contributed by atoms with E-state index >= 15 is 0 Å². The molecule has 36 heavy (non-hydrogen) atoms. The molecule has 1 atom stereocenters. The van der Waals surface area contributed by atoms with Gasteiger partial charge in [0.05, 0.1) is 0 Å². The fourth-order valence-electron chi connectivity index (χ4n) is 3.90. The van der Waals surface area contributed by atoms with Gasteiger partial charge in [-0.1, -0.05) is 86.5 Å². The Kier molecular flexibility index (Phi) is 10.8. The maximum Gasteiger partial charge on any atom is 0.261 e. The number of unbranched alkanes of at least 4 members (excludes halogenated alkanes) is 1. The molecule has 0 unspecified atom stereocenters. The Bertz CT molecular complexity index is 1090. The summed E-state index contributed by atoms with van der Waals surface area (Å²) in [4.78, 5) is 28.6. The van der Waals surface area contributed by atoms with Crippen LogP contribution in [0.2, 0.25) is 5.02 Å². The number of benzene rings is 3. The standard InChI is InChI=1S/C30H35ClN2O3/c1-3-5-19-32-30(35)28(20-24-9-7-6-8-10-24)33(21-25-11-15-26(31)16-12-25)29(34)22-36-27-17-13-23(4-2)14-18-27/h6-18,28H,3-5,19-22H2,1-2H3,(H,32,35)/t28-/m1/s1. The lowest BCUT2D eigenvalue weighted by Crippen LogP contribution is -2.51. The van der Waals surface area contributed by atoms with Gasteiger partial charge in [-0.3, -0.25) is 9.59 Å². The molecule has 6 heteroatoms. The van der Waals surface area contributed by atoms with Crippen LogP contribution in [-0.2, 0) is 29.0 Å². The van der Waals surface area contributed by atoms with Crippen molar-refractivity contribution in [3.8, 4) is 5.75 Å². The van der Waals surface area contributed by atoms with E-state index in [1.165, 1.54) is 5.56 Å². The molecule has 0 aliphatic heterocycles. The number of carbonyl (C=O) groups is 2. The summed E-state index contributed by atoms with van der Waals surface area (Å²) >= 11 is 6.08. The van der Waals surface area contributed by atoms with Gasteiger partial charge in [0.2, 0.25) is 5.91 Å². The van der Waals surface area contributed by atoms with Crippen molar-refractivity contribution in [3.63, 3.8) is 0 Å². The molecule has 3 aromatic carbocycles. The molecule has 5 nitrogen and oxygen atoms in total. The van der Waals surface area contributed by atoms with Gasteiger partial charge in [0.15, 0.2) is 6.61 Å². The number of hydrogen-bond acceptors (Lipinski definition) is 3. The molecule has 0 saturated heterocycles. The van der Waals surface area contributed by atoms with Crippen LogP contribution < -0.4 is 10.1 Å². The van der Waals surface area contributed by atoms with Gasteiger partial charge in [-0.25, -0.2) is 0 Å². The van der Waals surface area contributed by atoms with E-state index in [-0.39, 0.29) is 25.0 Å². The van der Waals surface area contributed by atoms with Crippen LogP contribution in [0.3, 0.4) is 0 Å². The van der Waals surface area contributed by atoms with Crippen molar-refractivity contribution in [2.24, 2.45) is 0 Å². The molecule has 0 aliphatic carbocycles. The van der Waals surface area contributed by atoms with Gasteiger partial charge in [-0.2, -0.15) is 0 Å². The van der Waals surface area contributed by atoms with Crippen LogP contribution in [0.4, 0.5) is 0 Å². The van der Waals surface area contributed by atoms with Crippen LogP contribution in [0.15, 0.2) is 78.9 Å². The molecule has 0 bridgehead atoms. The second kappa shape index (κ2) is 14.3. The van der Waals surface area contributed by atoms with Crippen molar-refractivity contribution in [1.82, 2.24) is 10.2 Å². The van der Waals surface area contributed by atoms with Crippen LogP contribution >= 0.6 is 11.6 Å². The number of amides is 2. The van der Waals surface area contributed by atoms with E-state index in [1.807, 2.05) is 66.7 Å². The zero-order valence-electron chi connectivity index (χ0n) is 21.1. The number of rotatable bonds is 13. The second-order valence-electron chi connectivity index (χ2n) is 8.78. The van der Waals surface area contributed by atoms with Crippen LogP contribution in [0, 0.1) is 0 Å². The summed E-state index contributed by atoms with van der Waals surface area (Å²) in [5, 5.41) is 3.64. The first kappa shape index (κ1) is 27.3. The molecular formula is C30H35ClN2O3. The first-order valence-electron chi connectivity index (χ1n) is 12.6. The lowest BCUT2D eigenvalue weighted by Gasteiger charge is -2.31. The van der Waals surface area contributed by atoms with Crippen LogP contribution in [0.5, 0.6) is 5.75 Å². The molecule has 2 amide bonds. The van der Waals surface area contributed by atoms with E-state index in [9.17, 15) is 9.59 Å². The Balaban J connectivity index is 1.85. The number of nitrogens with one attached hydrogen (secondary N) is 1. The molecule has 0 heterocycles. The highest BCUT2D eigenvalue weighted by molar-refractivity contribution is 6.30. The van der Waals surface area contributed by atoms with Crippen molar-refractivity contribution >= 4 is 23.4 Å². The molecule has 0 spiro atoms. The van der Waals surface area contributed by atoms with Gasteiger partial charge < -0.3 is 15.0 Å². The maximum absolute atomic E-state index is 13.6. The Morgan fingerprint density at radius 3 is 2.19 bits per heavy atom. The number of aryl methyl sites for hydroxylation is 1. The summed E-state index contributed by atoms with van der Waals surface area (Å²) in [6.45, 7) is 4.85. The smallest absolute Gasteiger partial charge is 0.261 e. The van der Waals surface area contributed by atoms with Gasteiger partial charge in [0.1, 0.15) is 11.8 Å². The Morgan fingerprint density at radius 2 is 1.56 bits per heavy atom. The normalized spacial score (nSPS) is 11.5. The Hall–Kier alpha value is -3.31. The quantitative estimate of drug-likeness (QED) is 0.296. The van der Waals surface area contributed by atoms with E-state index in [4.69, 9.17) is 16.3 Å². The lowest BCUT2D eigenvalue weighted by molar-refractivity contribution is -0.142. The zero-order valence-corrected chi connectivity index (χ0v) is 21.8. The summed E-state index contributed by atoms with van der Waals surface area (Å²) in [7, 11) is 0. The van der Waals surface area contributed by atoms with E-state index in [0.29, 0.717) is 23.7 Å². The minimum Gasteiger partial charge on any atom is -0.484 e. The molecule has 3 aromatic rings. The number of nitrogens with zero attached hydrogens (tertiary/aromatic N) is 1. The number of ether oxygens (including phenoxy) is 1. The maximum atomic E-state index is 13.6.